The van der Waals surface area contributed by atoms with Crippen molar-refractivity contribution in [1.82, 2.24) is 10.2 Å². The Bertz CT molecular complexity index is 293. The van der Waals surface area contributed by atoms with E-state index < -0.39 is 0 Å². The number of aromatic nitrogens is 2. The van der Waals surface area contributed by atoms with Gasteiger partial charge in [-0.05, 0) is 6.92 Å². The van der Waals surface area contributed by atoms with Gasteiger partial charge in [0.1, 0.15) is 0 Å². The van der Waals surface area contributed by atoms with Crippen molar-refractivity contribution in [3.63, 3.8) is 0 Å². The molecule has 72 valence electrons. The van der Waals surface area contributed by atoms with E-state index in [4.69, 9.17) is 10.5 Å². The van der Waals surface area contributed by atoms with Gasteiger partial charge >= 0.3 is 0 Å². The SMILES string of the molecule is CC(N)Cc1n[nH]c2c1COCC2. The molecule has 4 nitrogen and oxygen atoms in total. The van der Waals surface area contributed by atoms with Gasteiger partial charge in [-0.1, -0.05) is 0 Å². The summed E-state index contributed by atoms with van der Waals surface area (Å²) in [7, 11) is 0. The minimum Gasteiger partial charge on any atom is -0.376 e. The van der Waals surface area contributed by atoms with Crippen molar-refractivity contribution in [1.29, 1.82) is 0 Å². The number of nitrogens with two attached hydrogens (primary N) is 1. The molecule has 0 amide bonds. The molecular formula is C9H15N3O. The molecule has 1 aliphatic heterocycles. The molecule has 3 N–H and O–H groups in total. The van der Waals surface area contributed by atoms with Crippen molar-refractivity contribution >= 4 is 0 Å². The first kappa shape index (κ1) is 8.72. The van der Waals surface area contributed by atoms with Crippen LogP contribution in [0.1, 0.15) is 23.9 Å². The zero-order valence-corrected chi connectivity index (χ0v) is 7.84. The summed E-state index contributed by atoms with van der Waals surface area (Å²) in [6.07, 6.45) is 1.77. The van der Waals surface area contributed by atoms with Crippen LogP contribution in [0.2, 0.25) is 0 Å². The van der Waals surface area contributed by atoms with Crippen molar-refractivity contribution in [2.45, 2.75) is 32.4 Å². The monoisotopic (exact) mass is 181 g/mol. The second-order valence-corrected chi connectivity index (χ2v) is 3.61. The molecule has 13 heavy (non-hydrogen) atoms. The molecule has 0 saturated heterocycles. The molecule has 1 atom stereocenters. The number of ether oxygens (including phenoxy) is 1. The highest BCUT2D eigenvalue weighted by atomic mass is 16.5. The van der Waals surface area contributed by atoms with Crippen LogP contribution in [-0.2, 0) is 24.2 Å². The average molecular weight is 181 g/mol. The first-order chi connectivity index (χ1) is 6.27. The largest absolute Gasteiger partial charge is 0.376 e. The standard InChI is InChI=1S/C9H15N3O/c1-6(10)4-9-7-5-13-3-2-8(7)11-12-9/h6H,2-5,10H2,1H3,(H,11,12). The van der Waals surface area contributed by atoms with E-state index in [1.807, 2.05) is 6.92 Å². The van der Waals surface area contributed by atoms with E-state index in [2.05, 4.69) is 10.2 Å². The van der Waals surface area contributed by atoms with Gasteiger partial charge in [-0.2, -0.15) is 5.10 Å². The quantitative estimate of drug-likeness (QED) is 0.693. The predicted molar refractivity (Wildman–Crippen MR) is 49.3 cm³/mol. The van der Waals surface area contributed by atoms with E-state index in [0.29, 0.717) is 6.61 Å². The number of H-pyrrole nitrogens is 1. The molecule has 0 saturated carbocycles. The minimum atomic E-state index is 0.161. The van der Waals surface area contributed by atoms with Gasteiger partial charge in [0.15, 0.2) is 0 Å². The number of hydrogen-bond acceptors (Lipinski definition) is 3. The maximum Gasteiger partial charge on any atom is 0.0753 e. The molecule has 2 rings (SSSR count). The van der Waals surface area contributed by atoms with Crippen LogP contribution < -0.4 is 5.73 Å². The van der Waals surface area contributed by atoms with Gasteiger partial charge in [-0.15, -0.1) is 0 Å². The molecule has 0 aromatic carbocycles. The number of nitrogens with one attached hydrogen (secondary N) is 1. The van der Waals surface area contributed by atoms with Crippen molar-refractivity contribution < 1.29 is 4.74 Å². The van der Waals surface area contributed by atoms with Crippen LogP contribution in [0.3, 0.4) is 0 Å². The summed E-state index contributed by atoms with van der Waals surface area (Å²) < 4.78 is 5.38. The van der Waals surface area contributed by atoms with Crippen molar-refractivity contribution in [2.75, 3.05) is 6.61 Å². The normalized spacial score (nSPS) is 18.3. The van der Waals surface area contributed by atoms with Crippen LogP contribution in [0.5, 0.6) is 0 Å². The molecular weight excluding hydrogens is 166 g/mol. The first-order valence-electron chi connectivity index (χ1n) is 4.65. The van der Waals surface area contributed by atoms with Crippen LogP contribution in [0.25, 0.3) is 0 Å². The van der Waals surface area contributed by atoms with E-state index in [-0.39, 0.29) is 6.04 Å². The highest BCUT2D eigenvalue weighted by Crippen LogP contribution is 2.18. The van der Waals surface area contributed by atoms with Crippen LogP contribution in [0, 0.1) is 0 Å². The topological polar surface area (TPSA) is 63.9 Å². The van der Waals surface area contributed by atoms with Gasteiger partial charge in [-0.25, -0.2) is 0 Å². The second-order valence-electron chi connectivity index (χ2n) is 3.61. The Hall–Kier alpha value is -0.870. The lowest BCUT2D eigenvalue weighted by molar-refractivity contribution is 0.109. The number of hydrogen-bond donors (Lipinski definition) is 2. The number of nitrogens with zero attached hydrogens (tertiary/aromatic N) is 1. The number of fused-ring (bicyclic) bond motifs is 1. The molecule has 1 aromatic heterocycles. The fourth-order valence-corrected chi connectivity index (χ4v) is 1.64. The van der Waals surface area contributed by atoms with Crippen molar-refractivity contribution in [2.24, 2.45) is 5.73 Å². The summed E-state index contributed by atoms with van der Waals surface area (Å²) in [5.41, 5.74) is 9.25. The molecule has 0 aliphatic carbocycles. The molecule has 0 bridgehead atoms. The third kappa shape index (κ3) is 1.73. The Balaban J connectivity index is 2.21. The Morgan fingerprint density at radius 3 is 3.31 bits per heavy atom. The second kappa shape index (κ2) is 3.47. The smallest absolute Gasteiger partial charge is 0.0753 e. The predicted octanol–water partition coefficient (Wildman–Crippen LogP) is 0.372. The van der Waals surface area contributed by atoms with Gasteiger partial charge in [0.25, 0.3) is 0 Å². The Morgan fingerprint density at radius 1 is 1.69 bits per heavy atom. The zero-order chi connectivity index (χ0) is 9.26. The van der Waals surface area contributed by atoms with E-state index >= 15 is 0 Å². The van der Waals surface area contributed by atoms with Gasteiger partial charge in [0.2, 0.25) is 0 Å². The Labute approximate surface area is 77.5 Å². The summed E-state index contributed by atoms with van der Waals surface area (Å²) in [4.78, 5) is 0. The number of rotatable bonds is 2. The van der Waals surface area contributed by atoms with E-state index in [1.54, 1.807) is 0 Å². The average Bonchev–Trinajstić information content (AvgIpc) is 2.48. The lowest BCUT2D eigenvalue weighted by Gasteiger charge is -2.12. The lowest BCUT2D eigenvalue weighted by atomic mass is 10.1. The highest BCUT2D eigenvalue weighted by Gasteiger charge is 2.17. The third-order valence-electron chi connectivity index (χ3n) is 2.30. The fourth-order valence-electron chi connectivity index (χ4n) is 1.64. The highest BCUT2D eigenvalue weighted by molar-refractivity contribution is 5.26. The molecule has 0 spiro atoms. The summed E-state index contributed by atoms with van der Waals surface area (Å²) in [5, 5.41) is 7.30. The Morgan fingerprint density at radius 2 is 2.54 bits per heavy atom. The van der Waals surface area contributed by atoms with E-state index in [9.17, 15) is 0 Å². The van der Waals surface area contributed by atoms with Gasteiger partial charge < -0.3 is 10.5 Å². The van der Waals surface area contributed by atoms with Crippen LogP contribution >= 0.6 is 0 Å². The third-order valence-corrected chi connectivity index (χ3v) is 2.30. The molecule has 2 heterocycles. The molecule has 1 aliphatic rings. The van der Waals surface area contributed by atoms with E-state index in [0.717, 1.165) is 25.1 Å². The molecule has 0 fully saturated rings. The minimum absolute atomic E-state index is 0.161. The molecule has 1 unspecified atom stereocenters. The van der Waals surface area contributed by atoms with E-state index in [1.165, 1.54) is 11.3 Å². The van der Waals surface area contributed by atoms with Gasteiger partial charge in [-0.3, -0.25) is 5.10 Å². The zero-order valence-electron chi connectivity index (χ0n) is 7.84. The molecule has 1 aromatic rings. The van der Waals surface area contributed by atoms with Crippen LogP contribution in [0.15, 0.2) is 0 Å². The molecule has 4 heteroatoms. The van der Waals surface area contributed by atoms with Crippen molar-refractivity contribution in [3.8, 4) is 0 Å². The summed E-state index contributed by atoms with van der Waals surface area (Å²) >= 11 is 0. The van der Waals surface area contributed by atoms with Crippen molar-refractivity contribution in [3.05, 3.63) is 17.0 Å². The lowest BCUT2D eigenvalue weighted by Crippen LogP contribution is -2.19. The van der Waals surface area contributed by atoms with Crippen LogP contribution in [0.4, 0.5) is 0 Å². The van der Waals surface area contributed by atoms with Gasteiger partial charge in [0.05, 0.1) is 18.9 Å². The summed E-state index contributed by atoms with van der Waals surface area (Å²) in [6, 6.07) is 0.161. The number of aromatic amines is 1. The first-order valence-corrected chi connectivity index (χ1v) is 4.65. The Kier molecular flexibility index (Phi) is 2.33. The van der Waals surface area contributed by atoms with Gasteiger partial charge in [0, 0.05) is 30.1 Å². The summed E-state index contributed by atoms with van der Waals surface area (Å²) in [6.45, 7) is 3.48. The molecule has 0 radical (unpaired) electrons. The maximum atomic E-state index is 5.72. The van der Waals surface area contributed by atoms with Crippen LogP contribution in [-0.4, -0.2) is 22.8 Å². The summed E-state index contributed by atoms with van der Waals surface area (Å²) in [5.74, 6) is 0. The maximum absolute atomic E-state index is 5.72. The fraction of sp³-hybridized carbons (Fsp3) is 0.667.